The Balaban J connectivity index is 2.67. The van der Waals surface area contributed by atoms with E-state index in [-0.39, 0.29) is 4.90 Å². The van der Waals surface area contributed by atoms with Crippen molar-refractivity contribution in [2.24, 2.45) is 0 Å². The molecule has 0 spiro atoms. The topological polar surface area (TPSA) is 58.2 Å². The molecule has 0 atom stereocenters. The Morgan fingerprint density at radius 2 is 1.90 bits per heavy atom. The SMILES string of the molecule is CCCNCc1cccc(S(=O)(=O)NCCC(F)(F)F)c1. The molecule has 0 heterocycles. The van der Waals surface area contributed by atoms with Gasteiger partial charge in [-0.2, -0.15) is 13.2 Å². The van der Waals surface area contributed by atoms with Crippen molar-refractivity contribution in [2.45, 2.75) is 37.4 Å². The van der Waals surface area contributed by atoms with Crippen LogP contribution in [0.4, 0.5) is 13.2 Å². The van der Waals surface area contributed by atoms with Crippen LogP contribution in [0.5, 0.6) is 0 Å². The summed E-state index contributed by atoms with van der Waals surface area (Å²) in [6.45, 7) is 2.67. The van der Waals surface area contributed by atoms with E-state index >= 15 is 0 Å². The van der Waals surface area contributed by atoms with Gasteiger partial charge < -0.3 is 5.32 Å². The van der Waals surface area contributed by atoms with E-state index in [4.69, 9.17) is 0 Å². The minimum absolute atomic E-state index is 0.0273. The lowest BCUT2D eigenvalue weighted by Gasteiger charge is -2.10. The smallest absolute Gasteiger partial charge is 0.313 e. The van der Waals surface area contributed by atoms with Gasteiger partial charge in [-0.05, 0) is 30.7 Å². The van der Waals surface area contributed by atoms with Gasteiger partial charge in [0.2, 0.25) is 10.0 Å². The molecule has 0 fully saturated rings. The molecule has 0 bridgehead atoms. The van der Waals surface area contributed by atoms with Crippen LogP contribution in [0.15, 0.2) is 29.2 Å². The van der Waals surface area contributed by atoms with Crippen molar-refractivity contribution < 1.29 is 21.6 Å². The molecule has 1 aromatic carbocycles. The molecule has 0 saturated heterocycles. The largest absolute Gasteiger partial charge is 0.390 e. The Kier molecular flexibility index (Phi) is 6.63. The standard InChI is InChI=1S/C13H19F3N2O2S/c1-2-7-17-10-11-4-3-5-12(9-11)21(19,20)18-8-6-13(14,15)16/h3-5,9,17-18H,2,6-8,10H2,1H3. The molecule has 1 rings (SSSR count). The van der Waals surface area contributed by atoms with Gasteiger partial charge in [-0.3, -0.25) is 0 Å². The van der Waals surface area contributed by atoms with Gasteiger partial charge in [0.25, 0.3) is 0 Å². The number of nitrogens with one attached hydrogen (secondary N) is 2. The van der Waals surface area contributed by atoms with E-state index in [1.54, 1.807) is 12.1 Å². The molecule has 0 amide bonds. The summed E-state index contributed by atoms with van der Waals surface area (Å²) in [5.41, 5.74) is 0.766. The maximum absolute atomic E-state index is 12.0. The van der Waals surface area contributed by atoms with Crippen LogP contribution in [0.1, 0.15) is 25.3 Å². The molecule has 2 N–H and O–H groups in total. The third-order valence-corrected chi connectivity index (χ3v) is 4.12. The Hall–Kier alpha value is -1.12. The second-order valence-corrected chi connectivity index (χ2v) is 6.35. The first-order valence-corrected chi connectivity index (χ1v) is 8.09. The predicted molar refractivity (Wildman–Crippen MR) is 74.3 cm³/mol. The third-order valence-electron chi connectivity index (χ3n) is 2.67. The number of hydrogen-bond acceptors (Lipinski definition) is 3. The molecule has 8 heteroatoms. The quantitative estimate of drug-likeness (QED) is 0.722. The lowest BCUT2D eigenvalue weighted by atomic mass is 10.2. The van der Waals surface area contributed by atoms with Crippen molar-refractivity contribution in [3.8, 4) is 0 Å². The molecular weight excluding hydrogens is 305 g/mol. The zero-order valence-electron chi connectivity index (χ0n) is 11.7. The van der Waals surface area contributed by atoms with Gasteiger partial charge in [-0.15, -0.1) is 0 Å². The molecule has 0 aliphatic carbocycles. The fourth-order valence-corrected chi connectivity index (χ4v) is 2.74. The fourth-order valence-electron chi connectivity index (χ4n) is 1.64. The lowest BCUT2D eigenvalue weighted by Crippen LogP contribution is -2.28. The van der Waals surface area contributed by atoms with Gasteiger partial charge >= 0.3 is 6.18 Å². The molecule has 0 radical (unpaired) electrons. The predicted octanol–water partition coefficient (Wildman–Crippen LogP) is 2.42. The molecular formula is C13H19F3N2O2S. The normalized spacial score (nSPS) is 12.6. The highest BCUT2D eigenvalue weighted by atomic mass is 32.2. The lowest BCUT2D eigenvalue weighted by molar-refractivity contribution is -0.132. The number of alkyl halides is 3. The highest BCUT2D eigenvalue weighted by molar-refractivity contribution is 7.89. The van der Waals surface area contributed by atoms with Crippen molar-refractivity contribution in [1.29, 1.82) is 0 Å². The maximum atomic E-state index is 12.0. The number of halogens is 3. The van der Waals surface area contributed by atoms with Gasteiger partial charge in [0.05, 0.1) is 11.3 Å². The van der Waals surface area contributed by atoms with Gasteiger partial charge in [-0.1, -0.05) is 19.1 Å². The summed E-state index contributed by atoms with van der Waals surface area (Å²) in [4.78, 5) is -0.0273. The fraction of sp³-hybridized carbons (Fsp3) is 0.538. The van der Waals surface area contributed by atoms with Crippen molar-refractivity contribution in [3.63, 3.8) is 0 Å². The van der Waals surface area contributed by atoms with Crippen LogP contribution in [-0.4, -0.2) is 27.7 Å². The highest BCUT2D eigenvalue weighted by Crippen LogP contribution is 2.19. The first kappa shape index (κ1) is 17.9. The van der Waals surface area contributed by atoms with E-state index in [9.17, 15) is 21.6 Å². The Morgan fingerprint density at radius 3 is 2.52 bits per heavy atom. The summed E-state index contributed by atoms with van der Waals surface area (Å²) in [6.07, 6.45) is -4.62. The monoisotopic (exact) mass is 324 g/mol. The van der Waals surface area contributed by atoms with Crippen LogP contribution in [-0.2, 0) is 16.6 Å². The molecule has 0 aliphatic heterocycles. The second kappa shape index (κ2) is 7.77. The molecule has 0 aromatic heterocycles. The molecule has 4 nitrogen and oxygen atoms in total. The van der Waals surface area contributed by atoms with Gasteiger partial charge in [0, 0.05) is 13.1 Å². The van der Waals surface area contributed by atoms with Crippen molar-refractivity contribution in [1.82, 2.24) is 10.0 Å². The summed E-state index contributed by atoms with van der Waals surface area (Å²) >= 11 is 0. The van der Waals surface area contributed by atoms with E-state index in [0.29, 0.717) is 6.54 Å². The number of sulfonamides is 1. The van der Waals surface area contributed by atoms with Crippen LogP contribution in [0.25, 0.3) is 0 Å². The van der Waals surface area contributed by atoms with Crippen LogP contribution in [0.3, 0.4) is 0 Å². The molecule has 21 heavy (non-hydrogen) atoms. The van der Waals surface area contributed by atoms with Gasteiger partial charge in [0.1, 0.15) is 0 Å². The van der Waals surface area contributed by atoms with Crippen LogP contribution in [0.2, 0.25) is 0 Å². The number of hydrogen-bond donors (Lipinski definition) is 2. The van der Waals surface area contributed by atoms with Crippen molar-refractivity contribution >= 4 is 10.0 Å². The summed E-state index contributed by atoms with van der Waals surface area (Å²) in [6, 6.07) is 6.15. The second-order valence-electron chi connectivity index (χ2n) is 4.59. The summed E-state index contributed by atoms with van der Waals surface area (Å²) in [7, 11) is -3.91. The summed E-state index contributed by atoms with van der Waals surface area (Å²) in [5.74, 6) is 0. The zero-order valence-corrected chi connectivity index (χ0v) is 12.5. The zero-order chi connectivity index (χ0) is 15.9. The average Bonchev–Trinajstić information content (AvgIpc) is 2.37. The van der Waals surface area contributed by atoms with E-state index < -0.39 is 29.2 Å². The molecule has 120 valence electrons. The van der Waals surface area contributed by atoms with Crippen molar-refractivity contribution in [3.05, 3.63) is 29.8 Å². The first-order chi connectivity index (χ1) is 9.74. The van der Waals surface area contributed by atoms with Crippen LogP contribution in [0, 0.1) is 0 Å². The van der Waals surface area contributed by atoms with E-state index in [1.807, 2.05) is 11.6 Å². The van der Waals surface area contributed by atoms with Gasteiger partial charge in [0.15, 0.2) is 0 Å². The summed E-state index contributed by atoms with van der Waals surface area (Å²) in [5, 5.41) is 3.13. The molecule has 0 aliphatic rings. The van der Waals surface area contributed by atoms with Crippen molar-refractivity contribution in [2.75, 3.05) is 13.1 Å². The van der Waals surface area contributed by atoms with E-state index in [2.05, 4.69) is 5.32 Å². The van der Waals surface area contributed by atoms with E-state index in [0.717, 1.165) is 18.5 Å². The third kappa shape index (κ3) is 6.92. The van der Waals surface area contributed by atoms with E-state index in [1.165, 1.54) is 12.1 Å². The maximum Gasteiger partial charge on any atom is 0.390 e. The van der Waals surface area contributed by atoms with Gasteiger partial charge in [-0.25, -0.2) is 13.1 Å². The average molecular weight is 324 g/mol. The minimum atomic E-state index is -4.38. The highest BCUT2D eigenvalue weighted by Gasteiger charge is 2.27. The van der Waals surface area contributed by atoms with Crippen LogP contribution < -0.4 is 10.0 Å². The summed E-state index contributed by atoms with van der Waals surface area (Å²) < 4.78 is 61.8. The molecule has 1 aromatic rings. The first-order valence-electron chi connectivity index (χ1n) is 6.60. The minimum Gasteiger partial charge on any atom is -0.313 e. The number of benzene rings is 1. The Labute approximate surface area is 122 Å². The van der Waals surface area contributed by atoms with Crippen LogP contribution >= 0.6 is 0 Å². The molecule has 0 saturated carbocycles. The Morgan fingerprint density at radius 1 is 1.19 bits per heavy atom. The molecule has 0 unspecified atom stereocenters. The Bertz CT molecular complexity index is 545. The number of rotatable bonds is 8.